The molecular formula is C28H34N6O5. The Morgan fingerprint density at radius 2 is 1.90 bits per heavy atom. The van der Waals surface area contributed by atoms with Crippen LogP contribution in [-0.2, 0) is 9.53 Å². The largest absolute Gasteiger partial charge is 0.474 e. The quantitative estimate of drug-likeness (QED) is 0.465. The molecule has 0 aromatic carbocycles. The summed E-state index contributed by atoms with van der Waals surface area (Å²) >= 11 is 0. The van der Waals surface area contributed by atoms with E-state index in [1.807, 2.05) is 18.2 Å². The number of carbonyl (C=O) groups is 2. The van der Waals surface area contributed by atoms with Gasteiger partial charge in [-0.3, -0.25) is 14.6 Å². The van der Waals surface area contributed by atoms with E-state index in [4.69, 9.17) is 19.2 Å². The summed E-state index contributed by atoms with van der Waals surface area (Å²) in [5, 5.41) is 4.00. The van der Waals surface area contributed by atoms with Gasteiger partial charge in [0.15, 0.2) is 6.61 Å². The summed E-state index contributed by atoms with van der Waals surface area (Å²) < 4.78 is 17.3. The molecule has 1 saturated heterocycles. The van der Waals surface area contributed by atoms with Crippen LogP contribution in [0.25, 0.3) is 10.9 Å². The van der Waals surface area contributed by atoms with Gasteiger partial charge in [-0.25, -0.2) is 4.98 Å². The van der Waals surface area contributed by atoms with E-state index in [1.54, 1.807) is 32.4 Å². The van der Waals surface area contributed by atoms with Crippen molar-refractivity contribution in [3.63, 3.8) is 0 Å². The Labute approximate surface area is 227 Å². The number of morpholine rings is 1. The zero-order valence-electron chi connectivity index (χ0n) is 22.3. The van der Waals surface area contributed by atoms with Gasteiger partial charge in [-0.2, -0.15) is 4.98 Å². The molecule has 1 saturated carbocycles. The lowest BCUT2D eigenvalue weighted by Gasteiger charge is -2.31. The highest BCUT2D eigenvalue weighted by molar-refractivity contribution is 5.94. The van der Waals surface area contributed by atoms with Crippen LogP contribution in [0.4, 0.5) is 5.82 Å². The van der Waals surface area contributed by atoms with Gasteiger partial charge < -0.3 is 29.3 Å². The Morgan fingerprint density at radius 1 is 1.10 bits per heavy atom. The minimum atomic E-state index is -0.181. The fourth-order valence-electron chi connectivity index (χ4n) is 4.69. The van der Waals surface area contributed by atoms with Gasteiger partial charge in [-0.1, -0.05) is 0 Å². The summed E-state index contributed by atoms with van der Waals surface area (Å²) in [6, 6.07) is 9.20. The fourth-order valence-corrected chi connectivity index (χ4v) is 4.69. The number of nitrogens with one attached hydrogen (secondary N) is 1. The van der Waals surface area contributed by atoms with Crippen LogP contribution < -0.4 is 19.7 Å². The predicted octanol–water partition coefficient (Wildman–Crippen LogP) is 2.45. The highest BCUT2D eigenvalue weighted by atomic mass is 16.5. The van der Waals surface area contributed by atoms with Gasteiger partial charge in [0.25, 0.3) is 11.8 Å². The number of anilines is 1. The molecule has 0 spiro atoms. The van der Waals surface area contributed by atoms with Crippen molar-refractivity contribution in [2.75, 3.05) is 51.9 Å². The van der Waals surface area contributed by atoms with Gasteiger partial charge in [-0.05, 0) is 43.9 Å². The maximum atomic E-state index is 12.8. The SMILES string of the molecule is CN(C)C(=O)COc1ccc(C(=O)NC2CCC(Oc3nc(N4CCOCC4)cc4ncccc34)CC2)cn1. The predicted molar refractivity (Wildman–Crippen MR) is 145 cm³/mol. The number of amides is 2. The summed E-state index contributed by atoms with van der Waals surface area (Å²) in [5.74, 6) is 1.42. The molecule has 2 fully saturated rings. The van der Waals surface area contributed by atoms with Crippen LogP contribution in [0.3, 0.4) is 0 Å². The molecule has 0 unspecified atom stereocenters. The number of hydrogen-bond donors (Lipinski definition) is 1. The molecule has 1 aliphatic carbocycles. The van der Waals surface area contributed by atoms with Crippen LogP contribution in [0.1, 0.15) is 36.0 Å². The van der Waals surface area contributed by atoms with Crippen LogP contribution in [-0.4, -0.2) is 90.8 Å². The zero-order valence-corrected chi connectivity index (χ0v) is 22.3. The van der Waals surface area contributed by atoms with E-state index in [2.05, 4.69) is 20.2 Å². The van der Waals surface area contributed by atoms with Crippen LogP contribution in [0.15, 0.2) is 42.7 Å². The third-order valence-electron chi connectivity index (χ3n) is 7.01. The van der Waals surface area contributed by atoms with E-state index in [-0.39, 0.29) is 30.6 Å². The topological polar surface area (TPSA) is 119 Å². The first-order valence-corrected chi connectivity index (χ1v) is 13.3. The molecule has 0 atom stereocenters. The molecule has 5 rings (SSSR count). The average molecular weight is 535 g/mol. The van der Waals surface area contributed by atoms with Crippen molar-refractivity contribution in [2.45, 2.75) is 37.8 Å². The summed E-state index contributed by atoms with van der Waals surface area (Å²) in [6.07, 6.45) is 6.48. The number of pyridine rings is 3. The number of carbonyl (C=O) groups excluding carboxylic acids is 2. The van der Waals surface area contributed by atoms with E-state index in [0.29, 0.717) is 30.5 Å². The van der Waals surface area contributed by atoms with E-state index in [9.17, 15) is 9.59 Å². The summed E-state index contributed by atoms with van der Waals surface area (Å²) in [7, 11) is 3.32. The minimum absolute atomic E-state index is 0.0111. The maximum absolute atomic E-state index is 12.8. The number of hydrogen-bond acceptors (Lipinski definition) is 9. The highest BCUT2D eigenvalue weighted by Gasteiger charge is 2.26. The standard InChI is InChI=1S/C28H34N6O5/c1-33(2)26(35)18-38-25-10-5-19(17-30-25)27(36)31-20-6-8-21(9-7-20)39-28-22-4-3-11-29-23(22)16-24(32-28)34-12-14-37-15-13-34/h3-5,10-11,16-17,20-21H,6-9,12-15,18H2,1-2H3,(H,31,36). The molecule has 39 heavy (non-hydrogen) atoms. The molecule has 3 aromatic rings. The highest BCUT2D eigenvalue weighted by Crippen LogP contribution is 2.31. The lowest BCUT2D eigenvalue weighted by atomic mass is 9.92. The monoisotopic (exact) mass is 534 g/mol. The van der Waals surface area contributed by atoms with Crippen LogP contribution in [0, 0.1) is 0 Å². The van der Waals surface area contributed by atoms with Gasteiger partial charge in [0.2, 0.25) is 11.8 Å². The van der Waals surface area contributed by atoms with Crippen molar-refractivity contribution in [3.8, 4) is 11.8 Å². The van der Waals surface area contributed by atoms with Gasteiger partial charge in [-0.15, -0.1) is 0 Å². The number of rotatable bonds is 8. The molecule has 11 nitrogen and oxygen atoms in total. The van der Waals surface area contributed by atoms with Crippen LogP contribution in [0.5, 0.6) is 11.8 Å². The summed E-state index contributed by atoms with van der Waals surface area (Å²) in [4.78, 5) is 41.6. The normalized spacial score (nSPS) is 19.4. The van der Waals surface area contributed by atoms with Gasteiger partial charge in [0.1, 0.15) is 11.9 Å². The van der Waals surface area contributed by atoms with E-state index >= 15 is 0 Å². The number of nitrogens with zero attached hydrogens (tertiary/aromatic N) is 5. The Hall–Kier alpha value is -3.99. The van der Waals surface area contributed by atoms with Gasteiger partial charge >= 0.3 is 0 Å². The van der Waals surface area contributed by atoms with E-state index in [1.165, 1.54) is 11.1 Å². The molecule has 1 N–H and O–H groups in total. The van der Waals surface area contributed by atoms with Crippen LogP contribution in [0.2, 0.25) is 0 Å². The van der Waals surface area contributed by atoms with Crippen molar-refractivity contribution in [1.82, 2.24) is 25.2 Å². The minimum Gasteiger partial charge on any atom is -0.474 e. The van der Waals surface area contributed by atoms with Crippen molar-refractivity contribution < 1.29 is 23.8 Å². The number of ether oxygens (including phenoxy) is 3. The van der Waals surface area contributed by atoms with Gasteiger partial charge in [0.05, 0.1) is 29.7 Å². The lowest BCUT2D eigenvalue weighted by Crippen LogP contribution is -2.40. The maximum Gasteiger partial charge on any atom is 0.260 e. The Kier molecular flexibility index (Phi) is 8.36. The molecule has 11 heteroatoms. The van der Waals surface area contributed by atoms with Crippen molar-refractivity contribution in [2.24, 2.45) is 0 Å². The van der Waals surface area contributed by atoms with Crippen molar-refractivity contribution in [3.05, 3.63) is 48.3 Å². The summed E-state index contributed by atoms with van der Waals surface area (Å²) in [5.41, 5.74) is 1.31. The molecule has 0 bridgehead atoms. The molecule has 206 valence electrons. The molecule has 4 heterocycles. The number of aromatic nitrogens is 3. The lowest BCUT2D eigenvalue weighted by molar-refractivity contribution is -0.130. The molecule has 1 aliphatic heterocycles. The van der Waals surface area contributed by atoms with E-state index < -0.39 is 0 Å². The van der Waals surface area contributed by atoms with Gasteiger partial charge in [0, 0.05) is 57.8 Å². The molecule has 3 aromatic heterocycles. The van der Waals surface area contributed by atoms with E-state index in [0.717, 1.165) is 55.5 Å². The molecule has 2 aliphatic rings. The third-order valence-corrected chi connectivity index (χ3v) is 7.01. The first-order chi connectivity index (χ1) is 19.0. The second kappa shape index (κ2) is 12.2. The molecular weight excluding hydrogens is 500 g/mol. The second-order valence-corrected chi connectivity index (χ2v) is 9.98. The first-order valence-electron chi connectivity index (χ1n) is 13.3. The Bertz CT molecular complexity index is 1290. The average Bonchev–Trinajstić information content (AvgIpc) is 2.97. The first kappa shape index (κ1) is 26.6. The molecule has 2 amide bonds. The van der Waals surface area contributed by atoms with Crippen LogP contribution >= 0.6 is 0 Å². The Balaban J connectivity index is 1.15. The summed E-state index contributed by atoms with van der Waals surface area (Å²) in [6.45, 7) is 2.84. The van der Waals surface area contributed by atoms with Crippen molar-refractivity contribution in [1.29, 1.82) is 0 Å². The number of fused-ring (bicyclic) bond motifs is 1. The van der Waals surface area contributed by atoms with Crippen molar-refractivity contribution >= 4 is 28.5 Å². The molecule has 0 radical (unpaired) electrons. The fraction of sp³-hybridized carbons (Fsp3) is 0.464. The number of likely N-dealkylation sites (N-methyl/N-ethyl adjacent to an activating group) is 1. The third kappa shape index (κ3) is 6.72. The Morgan fingerprint density at radius 3 is 2.62 bits per heavy atom. The second-order valence-electron chi connectivity index (χ2n) is 9.98. The smallest absolute Gasteiger partial charge is 0.260 e. The zero-order chi connectivity index (χ0) is 27.2.